The van der Waals surface area contributed by atoms with Gasteiger partial charge in [0.05, 0.1) is 11.6 Å². The van der Waals surface area contributed by atoms with Crippen LogP contribution >= 0.6 is 11.3 Å². The molecule has 2 heterocycles. The van der Waals surface area contributed by atoms with Crippen LogP contribution in [0.3, 0.4) is 0 Å². The molecule has 0 radical (unpaired) electrons. The quantitative estimate of drug-likeness (QED) is 0.299. The van der Waals surface area contributed by atoms with Gasteiger partial charge in [-0.15, -0.1) is 11.3 Å². The van der Waals surface area contributed by atoms with Gasteiger partial charge in [0.2, 0.25) is 5.95 Å². The van der Waals surface area contributed by atoms with Crippen molar-refractivity contribution in [3.63, 3.8) is 0 Å². The zero-order valence-electron chi connectivity index (χ0n) is 17.0. The molecule has 0 aliphatic carbocycles. The van der Waals surface area contributed by atoms with Gasteiger partial charge in [0, 0.05) is 27.5 Å². The predicted molar refractivity (Wildman–Crippen MR) is 127 cm³/mol. The molecule has 160 valence electrons. The van der Waals surface area contributed by atoms with E-state index in [-0.39, 0.29) is 17.5 Å². The smallest absolute Gasteiger partial charge is 0.229 e. The molecular weight excluding hydrogens is 440 g/mol. The van der Waals surface area contributed by atoms with E-state index < -0.39 is 11.6 Å². The predicted octanol–water partition coefficient (Wildman–Crippen LogP) is 7.00. The third-order valence-corrected chi connectivity index (χ3v) is 5.98. The van der Waals surface area contributed by atoms with Gasteiger partial charge >= 0.3 is 0 Å². The number of anilines is 4. The number of nitrogens with one attached hydrogen (secondary N) is 2. The SMILES string of the molecule is N#Cc1ccc(Nc2nccc(Nc3c(F)cc(-c4csc5ccccc45)cc3F)n2)cc1. The van der Waals surface area contributed by atoms with Gasteiger partial charge in [-0.2, -0.15) is 10.2 Å². The van der Waals surface area contributed by atoms with E-state index in [1.807, 2.05) is 35.7 Å². The molecule has 0 spiro atoms. The topological polar surface area (TPSA) is 73.6 Å². The second kappa shape index (κ2) is 8.65. The highest BCUT2D eigenvalue weighted by Crippen LogP contribution is 2.36. The van der Waals surface area contributed by atoms with E-state index in [0.717, 1.165) is 15.6 Å². The monoisotopic (exact) mass is 455 g/mol. The van der Waals surface area contributed by atoms with Crippen LogP contribution in [0, 0.1) is 23.0 Å². The van der Waals surface area contributed by atoms with Gasteiger partial charge in [0.15, 0.2) is 0 Å². The zero-order valence-corrected chi connectivity index (χ0v) is 17.8. The molecule has 33 heavy (non-hydrogen) atoms. The largest absolute Gasteiger partial charge is 0.335 e. The number of hydrogen-bond acceptors (Lipinski definition) is 6. The molecule has 0 atom stereocenters. The summed E-state index contributed by atoms with van der Waals surface area (Å²) in [6, 6.07) is 20.7. The first-order chi connectivity index (χ1) is 16.1. The maximum absolute atomic E-state index is 14.9. The molecule has 0 fully saturated rings. The van der Waals surface area contributed by atoms with Crippen LogP contribution in [0.1, 0.15) is 5.56 Å². The molecule has 0 unspecified atom stereocenters. The van der Waals surface area contributed by atoms with Crippen molar-refractivity contribution in [3.05, 3.63) is 95.5 Å². The molecule has 0 aliphatic rings. The highest BCUT2D eigenvalue weighted by Gasteiger charge is 2.15. The fourth-order valence-corrected chi connectivity index (χ4v) is 4.39. The highest BCUT2D eigenvalue weighted by molar-refractivity contribution is 7.17. The van der Waals surface area contributed by atoms with Crippen molar-refractivity contribution in [1.82, 2.24) is 9.97 Å². The first kappa shape index (κ1) is 20.5. The average Bonchev–Trinajstić information content (AvgIpc) is 3.26. The molecule has 5 rings (SSSR count). The van der Waals surface area contributed by atoms with E-state index in [2.05, 4.69) is 20.6 Å². The van der Waals surface area contributed by atoms with Crippen LogP contribution in [0.2, 0.25) is 0 Å². The summed E-state index contributed by atoms with van der Waals surface area (Å²) in [4.78, 5) is 8.40. The number of hydrogen-bond donors (Lipinski definition) is 2. The Hall–Kier alpha value is -4.35. The van der Waals surface area contributed by atoms with E-state index in [4.69, 9.17) is 5.26 Å². The lowest BCUT2D eigenvalue weighted by molar-refractivity contribution is 0.591. The van der Waals surface area contributed by atoms with Gasteiger partial charge in [-0.1, -0.05) is 18.2 Å². The molecule has 3 aromatic carbocycles. The van der Waals surface area contributed by atoms with Crippen LogP contribution in [-0.4, -0.2) is 9.97 Å². The summed E-state index contributed by atoms with van der Waals surface area (Å²) in [7, 11) is 0. The number of rotatable bonds is 5. The second-order valence-corrected chi connectivity index (χ2v) is 8.08. The Labute approximate surface area is 192 Å². The van der Waals surface area contributed by atoms with Crippen LogP contribution < -0.4 is 10.6 Å². The summed E-state index contributed by atoms with van der Waals surface area (Å²) in [6.07, 6.45) is 1.48. The fraction of sp³-hybridized carbons (Fsp3) is 0. The highest BCUT2D eigenvalue weighted by atomic mass is 32.1. The Balaban J connectivity index is 1.40. The lowest BCUT2D eigenvalue weighted by atomic mass is 10.0. The number of halogens is 2. The maximum atomic E-state index is 14.9. The van der Waals surface area contributed by atoms with Crippen molar-refractivity contribution in [2.24, 2.45) is 0 Å². The van der Waals surface area contributed by atoms with E-state index in [9.17, 15) is 8.78 Å². The van der Waals surface area contributed by atoms with Gasteiger partial charge in [-0.05, 0) is 59.5 Å². The second-order valence-electron chi connectivity index (χ2n) is 7.17. The minimum Gasteiger partial charge on any atom is -0.335 e. The molecule has 2 aromatic heterocycles. The lowest BCUT2D eigenvalue weighted by Gasteiger charge is -2.11. The summed E-state index contributed by atoms with van der Waals surface area (Å²) < 4.78 is 30.9. The van der Waals surface area contributed by atoms with Gasteiger partial charge in [-0.25, -0.2) is 13.8 Å². The number of aromatic nitrogens is 2. The molecule has 8 heteroatoms. The molecule has 5 nitrogen and oxygen atoms in total. The molecule has 0 saturated heterocycles. The summed E-state index contributed by atoms with van der Waals surface area (Å²) in [5.41, 5.74) is 2.17. The number of fused-ring (bicyclic) bond motifs is 1. The molecule has 0 saturated carbocycles. The fourth-order valence-electron chi connectivity index (χ4n) is 3.42. The minimum atomic E-state index is -0.722. The number of benzene rings is 3. The van der Waals surface area contributed by atoms with Gasteiger partial charge in [0.1, 0.15) is 23.1 Å². The van der Waals surface area contributed by atoms with Crippen molar-refractivity contribution in [1.29, 1.82) is 5.26 Å². The normalized spacial score (nSPS) is 10.7. The van der Waals surface area contributed by atoms with Crippen molar-refractivity contribution in [3.8, 4) is 17.2 Å². The molecule has 0 bridgehead atoms. The molecule has 2 N–H and O–H groups in total. The Morgan fingerprint density at radius 1 is 0.909 bits per heavy atom. The van der Waals surface area contributed by atoms with Crippen molar-refractivity contribution in [2.75, 3.05) is 10.6 Å². The minimum absolute atomic E-state index is 0.229. The van der Waals surface area contributed by atoms with Crippen molar-refractivity contribution >= 4 is 44.6 Å². The lowest BCUT2D eigenvalue weighted by Crippen LogP contribution is -2.03. The molecule has 0 amide bonds. The van der Waals surface area contributed by atoms with Crippen LogP contribution in [0.5, 0.6) is 0 Å². The van der Waals surface area contributed by atoms with E-state index in [1.54, 1.807) is 24.3 Å². The standard InChI is InChI=1S/C25H15F2N5S/c26-20-11-16(19-14-33-22-4-2-1-3-18(19)22)12-21(27)24(20)31-23-9-10-29-25(32-23)30-17-7-5-15(13-28)6-8-17/h1-12,14H,(H2,29,30,31,32). The third kappa shape index (κ3) is 4.22. The van der Waals surface area contributed by atoms with Crippen LogP contribution in [0.15, 0.2) is 78.3 Å². The van der Waals surface area contributed by atoms with Gasteiger partial charge < -0.3 is 10.6 Å². The molecule has 5 aromatic rings. The Bertz CT molecular complexity index is 1480. The van der Waals surface area contributed by atoms with Crippen molar-refractivity contribution in [2.45, 2.75) is 0 Å². The Morgan fingerprint density at radius 2 is 1.67 bits per heavy atom. The van der Waals surface area contributed by atoms with Crippen LogP contribution in [0.4, 0.5) is 31.9 Å². The summed E-state index contributed by atoms with van der Waals surface area (Å²) >= 11 is 1.53. The third-order valence-electron chi connectivity index (χ3n) is 5.01. The summed E-state index contributed by atoms with van der Waals surface area (Å²) in [5, 5.41) is 17.5. The number of nitriles is 1. The van der Waals surface area contributed by atoms with Crippen molar-refractivity contribution < 1.29 is 8.78 Å². The first-order valence-corrected chi connectivity index (χ1v) is 10.8. The maximum Gasteiger partial charge on any atom is 0.229 e. The average molecular weight is 455 g/mol. The number of nitrogens with zero attached hydrogens (tertiary/aromatic N) is 3. The van der Waals surface area contributed by atoms with Crippen LogP contribution in [0.25, 0.3) is 21.2 Å². The van der Waals surface area contributed by atoms with Gasteiger partial charge in [0.25, 0.3) is 0 Å². The first-order valence-electron chi connectivity index (χ1n) is 9.93. The van der Waals surface area contributed by atoms with E-state index >= 15 is 0 Å². The Kier molecular flexibility index (Phi) is 5.39. The Morgan fingerprint density at radius 3 is 2.42 bits per heavy atom. The molecular formula is C25H15F2N5S. The van der Waals surface area contributed by atoms with Crippen LogP contribution in [-0.2, 0) is 0 Å². The van der Waals surface area contributed by atoms with E-state index in [1.165, 1.54) is 35.7 Å². The summed E-state index contributed by atoms with van der Waals surface area (Å²) in [6.45, 7) is 0. The summed E-state index contributed by atoms with van der Waals surface area (Å²) in [5.74, 6) is -0.972. The molecule has 0 aliphatic heterocycles. The number of thiophene rings is 1. The van der Waals surface area contributed by atoms with Gasteiger partial charge in [-0.3, -0.25) is 0 Å². The van der Waals surface area contributed by atoms with E-state index in [0.29, 0.717) is 16.8 Å². The zero-order chi connectivity index (χ0) is 22.8.